The van der Waals surface area contributed by atoms with Crippen LogP contribution in [0.1, 0.15) is 38.0 Å². The fourth-order valence-corrected chi connectivity index (χ4v) is 2.66. The molecule has 0 N–H and O–H groups in total. The summed E-state index contributed by atoms with van der Waals surface area (Å²) in [5.74, 6) is 2.24. The Bertz CT molecular complexity index is 511. The zero-order valence-corrected chi connectivity index (χ0v) is 10.7. The summed E-state index contributed by atoms with van der Waals surface area (Å²) in [5, 5.41) is 4.02. The monoisotopic (exact) mass is 246 g/mol. The lowest BCUT2D eigenvalue weighted by molar-refractivity contribution is 0.362. The smallest absolute Gasteiger partial charge is 0.227 e. The van der Waals surface area contributed by atoms with Gasteiger partial charge in [-0.3, -0.25) is 0 Å². The van der Waals surface area contributed by atoms with E-state index in [-0.39, 0.29) is 0 Å². The van der Waals surface area contributed by atoms with Crippen molar-refractivity contribution in [1.82, 2.24) is 19.7 Å². The quantitative estimate of drug-likeness (QED) is 0.832. The first-order valence-electron chi connectivity index (χ1n) is 6.62. The SMILES string of the molecule is Cn1cncc1-c1noc(CCC2CCCC2)n1. The van der Waals surface area contributed by atoms with Crippen LogP contribution in [0, 0.1) is 5.92 Å². The zero-order valence-electron chi connectivity index (χ0n) is 10.7. The Morgan fingerprint density at radius 3 is 2.94 bits per heavy atom. The van der Waals surface area contributed by atoms with E-state index in [1.54, 1.807) is 12.5 Å². The third-order valence-corrected chi connectivity index (χ3v) is 3.76. The molecule has 1 saturated carbocycles. The van der Waals surface area contributed by atoms with E-state index in [9.17, 15) is 0 Å². The van der Waals surface area contributed by atoms with Gasteiger partial charge in [0.25, 0.3) is 0 Å². The third kappa shape index (κ3) is 2.30. The lowest BCUT2D eigenvalue weighted by Crippen LogP contribution is -1.96. The summed E-state index contributed by atoms with van der Waals surface area (Å²) in [6.07, 6.45) is 11.1. The lowest BCUT2D eigenvalue weighted by atomic mass is 10.0. The van der Waals surface area contributed by atoms with Crippen molar-refractivity contribution >= 4 is 0 Å². The maximum Gasteiger partial charge on any atom is 0.227 e. The highest BCUT2D eigenvalue weighted by Gasteiger charge is 2.17. The molecule has 0 bridgehead atoms. The van der Waals surface area contributed by atoms with Crippen molar-refractivity contribution in [3.63, 3.8) is 0 Å². The van der Waals surface area contributed by atoms with Crippen LogP contribution in [0.25, 0.3) is 11.5 Å². The van der Waals surface area contributed by atoms with Gasteiger partial charge in [-0.2, -0.15) is 4.98 Å². The highest BCUT2D eigenvalue weighted by atomic mass is 16.5. The molecular weight excluding hydrogens is 228 g/mol. The van der Waals surface area contributed by atoms with Crippen molar-refractivity contribution in [3.05, 3.63) is 18.4 Å². The summed E-state index contributed by atoms with van der Waals surface area (Å²) in [7, 11) is 1.93. The molecule has 2 heterocycles. The van der Waals surface area contributed by atoms with Gasteiger partial charge in [0.2, 0.25) is 11.7 Å². The molecule has 3 rings (SSSR count). The number of imidazole rings is 1. The molecule has 2 aromatic rings. The number of rotatable bonds is 4. The molecule has 1 aliphatic carbocycles. The van der Waals surface area contributed by atoms with Crippen LogP contribution in [0.4, 0.5) is 0 Å². The van der Waals surface area contributed by atoms with Gasteiger partial charge in [0, 0.05) is 13.5 Å². The fourth-order valence-electron chi connectivity index (χ4n) is 2.66. The molecule has 5 heteroatoms. The summed E-state index contributed by atoms with van der Waals surface area (Å²) in [5.41, 5.74) is 0.894. The van der Waals surface area contributed by atoms with E-state index in [1.807, 2.05) is 11.6 Å². The van der Waals surface area contributed by atoms with Crippen molar-refractivity contribution in [3.8, 4) is 11.5 Å². The maximum absolute atomic E-state index is 5.30. The topological polar surface area (TPSA) is 56.7 Å². The molecule has 0 aliphatic heterocycles. The third-order valence-electron chi connectivity index (χ3n) is 3.76. The second kappa shape index (κ2) is 4.92. The van der Waals surface area contributed by atoms with Gasteiger partial charge < -0.3 is 9.09 Å². The van der Waals surface area contributed by atoms with Crippen LogP contribution in [0.15, 0.2) is 17.0 Å². The number of aromatic nitrogens is 4. The molecule has 0 unspecified atom stereocenters. The Morgan fingerprint density at radius 1 is 1.39 bits per heavy atom. The predicted octanol–water partition coefficient (Wildman–Crippen LogP) is 2.59. The highest BCUT2D eigenvalue weighted by molar-refractivity contribution is 5.46. The van der Waals surface area contributed by atoms with Crippen LogP contribution in [0.2, 0.25) is 0 Å². The van der Waals surface area contributed by atoms with Crippen molar-refractivity contribution < 1.29 is 4.52 Å². The minimum absolute atomic E-state index is 0.636. The van der Waals surface area contributed by atoms with Crippen molar-refractivity contribution in [2.75, 3.05) is 0 Å². The predicted molar refractivity (Wildman–Crippen MR) is 66.8 cm³/mol. The summed E-state index contributed by atoms with van der Waals surface area (Å²) >= 11 is 0. The van der Waals surface area contributed by atoms with Gasteiger partial charge in [-0.05, 0) is 12.3 Å². The standard InChI is InChI=1S/C13H18N4O/c1-17-9-14-8-11(17)13-15-12(18-16-13)7-6-10-4-2-3-5-10/h8-10H,2-7H2,1H3. The first kappa shape index (κ1) is 11.4. The van der Waals surface area contributed by atoms with Gasteiger partial charge >= 0.3 is 0 Å². The van der Waals surface area contributed by atoms with E-state index in [2.05, 4.69) is 15.1 Å². The van der Waals surface area contributed by atoms with Crippen molar-refractivity contribution in [2.24, 2.45) is 13.0 Å². The summed E-state index contributed by atoms with van der Waals surface area (Å²) in [6.45, 7) is 0. The molecule has 1 fully saturated rings. The molecular formula is C13H18N4O. The summed E-state index contributed by atoms with van der Waals surface area (Å²) in [4.78, 5) is 8.49. The highest BCUT2D eigenvalue weighted by Crippen LogP contribution is 2.28. The van der Waals surface area contributed by atoms with Gasteiger partial charge in [0.1, 0.15) is 5.69 Å². The van der Waals surface area contributed by atoms with Crippen LogP contribution in [0.5, 0.6) is 0 Å². The summed E-state index contributed by atoms with van der Waals surface area (Å²) in [6, 6.07) is 0. The Kier molecular flexibility index (Phi) is 3.13. The molecule has 0 aromatic carbocycles. The molecule has 0 spiro atoms. The van der Waals surface area contributed by atoms with Crippen molar-refractivity contribution in [1.29, 1.82) is 0 Å². The molecule has 0 radical (unpaired) electrons. The number of nitrogens with zero attached hydrogens (tertiary/aromatic N) is 4. The second-order valence-corrected chi connectivity index (χ2v) is 5.09. The van der Waals surface area contributed by atoms with Gasteiger partial charge in [0.05, 0.1) is 12.5 Å². The average molecular weight is 246 g/mol. The Balaban J connectivity index is 1.64. The van der Waals surface area contributed by atoms with E-state index in [0.717, 1.165) is 23.9 Å². The first-order chi connectivity index (χ1) is 8.83. The van der Waals surface area contributed by atoms with Crippen LogP contribution in [-0.2, 0) is 13.5 Å². The Hall–Kier alpha value is -1.65. The molecule has 2 aromatic heterocycles. The van der Waals surface area contributed by atoms with Crippen molar-refractivity contribution in [2.45, 2.75) is 38.5 Å². The molecule has 96 valence electrons. The normalized spacial score (nSPS) is 16.5. The molecule has 0 atom stereocenters. The molecule has 5 nitrogen and oxygen atoms in total. The molecule has 18 heavy (non-hydrogen) atoms. The minimum Gasteiger partial charge on any atom is -0.339 e. The molecule has 0 amide bonds. The minimum atomic E-state index is 0.636. The van der Waals surface area contributed by atoms with E-state index >= 15 is 0 Å². The number of aryl methyl sites for hydroxylation is 2. The zero-order chi connectivity index (χ0) is 12.4. The van der Waals surface area contributed by atoms with Crippen LogP contribution in [0.3, 0.4) is 0 Å². The largest absolute Gasteiger partial charge is 0.339 e. The van der Waals surface area contributed by atoms with E-state index in [0.29, 0.717) is 5.82 Å². The van der Waals surface area contributed by atoms with E-state index in [1.165, 1.54) is 32.1 Å². The van der Waals surface area contributed by atoms with Crippen LogP contribution >= 0.6 is 0 Å². The summed E-state index contributed by atoms with van der Waals surface area (Å²) < 4.78 is 7.20. The second-order valence-electron chi connectivity index (χ2n) is 5.09. The van der Waals surface area contributed by atoms with Crippen LogP contribution in [-0.4, -0.2) is 19.7 Å². The van der Waals surface area contributed by atoms with Gasteiger partial charge in [-0.15, -0.1) is 0 Å². The first-order valence-corrected chi connectivity index (χ1v) is 6.62. The average Bonchev–Trinajstić information content (AvgIpc) is 3.07. The van der Waals surface area contributed by atoms with Gasteiger partial charge in [-0.25, -0.2) is 4.98 Å². The molecule has 0 saturated heterocycles. The van der Waals surface area contributed by atoms with Gasteiger partial charge in [-0.1, -0.05) is 30.8 Å². The fraction of sp³-hybridized carbons (Fsp3) is 0.615. The molecule has 1 aliphatic rings. The van der Waals surface area contributed by atoms with Crippen LogP contribution < -0.4 is 0 Å². The van der Waals surface area contributed by atoms with Gasteiger partial charge in [0.15, 0.2) is 0 Å². The number of hydrogen-bond donors (Lipinski definition) is 0. The Labute approximate surface area is 106 Å². The number of hydrogen-bond acceptors (Lipinski definition) is 4. The van der Waals surface area contributed by atoms with E-state index < -0.39 is 0 Å². The lowest BCUT2D eigenvalue weighted by Gasteiger charge is -2.04. The van der Waals surface area contributed by atoms with E-state index in [4.69, 9.17) is 4.52 Å². The Morgan fingerprint density at radius 2 is 2.22 bits per heavy atom. The maximum atomic E-state index is 5.30.